The highest BCUT2D eigenvalue weighted by Crippen LogP contribution is 2.16. The molecule has 11 heavy (non-hydrogen) atoms. The summed E-state index contributed by atoms with van der Waals surface area (Å²) in [5, 5.41) is 2.98. The summed E-state index contributed by atoms with van der Waals surface area (Å²) in [5.74, 6) is 0. The molecule has 1 aliphatic heterocycles. The van der Waals surface area contributed by atoms with Gasteiger partial charge in [0.2, 0.25) is 0 Å². The Bertz CT molecular complexity index is 193. The van der Waals surface area contributed by atoms with E-state index >= 15 is 0 Å². The molecule has 0 bridgehead atoms. The zero-order valence-corrected chi connectivity index (χ0v) is 7.19. The van der Waals surface area contributed by atoms with Gasteiger partial charge in [-0.1, -0.05) is 0 Å². The van der Waals surface area contributed by atoms with Gasteiger partial charge in [0.05, 0.1) is 14.1 Å². The molecule has 0 saturated carbocycles. The molecule has 1 fully saturated rings. The molecule has 1 rings (SSSR count). The monoisotopic (exact) mass is 178 g/mol. The van der Waals surface area contributed by atoms with Crippen LogP contribution in [0.5, 0.6) is 0 Å². The first-order valence-electron chi connectivity index (χ1n) is 4.71. The standard InChI is InChI=1S/C7H13NO2S/c1-5-6(3-4-9-5)10-7(11)8-2/h5-6H,3-4H2,1-2H3,(H,8,11)/t5-,6-/m1/s1/i1D,4T/t4-,5-,6-. The fourth-order valence-corrected chi connectivity index (χ4v) is 0.957. The maximum atomic E-state index is 7.35. The molecule has 3 atom stereocenters. The number of ether oxygens (including phenoxy) is 2. The predicted octanol–water partition coefficient (Wildman–Crippen LogP) is 0.685. The molecule has 0 radical (unpaired) electrons. The average Bonchev–Trinajstić information content (AvgIpc) is 2.46. The van der Waals surface area contributed by atoms with Crippen molar-refractivity contribution in [2.24, 2.45) is 0 Å². The molecule has 0 aromatic carbocycles. The molecule has 0 aromatic rings. The Morgan fingerprint density at radius 2 is 2.91 bits per heavy atom. The van der Waals surface area contributed by atoms with Gasteiger partial charge in [0.15, 0.2) is 0 Å². The van der Waals surface area contributed by atoms with Gasteiger partial charge in [-0.05, 0) is 19.1 Å². The second-order valence-corrected chi connectivity index (χ2v) is 2.64. The van der Waals surface area contributed by atoms with E-state index in [2.05, 4.69) is 5.32 Å². The molecule has 1 heterocycles. The van der Waals surface area contributed by atoms with Gasteiger partial charge in [0.1, 0.15) is 6.10 Å². The van der Waals surface area contributed by atoms with Crippen molar-refractivity contribution in [3.05, 3.63) is 0 Å². The summed E-state index contributed by atoms with van der Waals surface area (Å²) in [6.45, 7) is -0.480. The maximum Gasteiger partial charge on any atom is 0.256 e. The van der Waals surface area contributed by atoms with E-state index in [-0.39, 0.29) is 19.1 Å². The molecule has 0 aliphatic carbocycles. The van der Waals surface area contributed by atoms with E-state index in [4.69, 9.17) is 24.4 Å². The van der Waals surface area contributed by atoms with Crippen LogP contribution in [0.25, 0.3) is 0 Å². The molecule has 1 saturated heterocycles. The molecule has 3 nitrogen and oxygen atoms in total. The molecule has 0 spiro atoms. The number of nitrogens with one attached hydrogen (secondary N) is 1. The first-order chi connectivity index (χ1) is 6.17. The number of hydrogen-bond acceptors (Lipinski definition) is 3. The summed E-state index contributed by atoms with van der Waals surface area (Å²) in [6.07, 6.45) is -0.0977. The van der Waals surface area contributed by atoms with E-state index in [1.165, 1.54) is 0 Å². The van der Waals surface area contributed by atoms with Crippen LogP contribution in [-0.2, 0) is 9.47 Å². The van der Waals surface area contributed by atoms with Gasteiger partial charge < -0.3 is 14.8 Å². The van der Waals surface area contributed by atoms with E-state index in [1.54, 1.807) is 7.05 Å². The van der Waals surface area contributed by atoms with Gasteiger partial charge in [-0.15, -0.1) is 0 Å². The third kappa shape index (κ3) is 2.31. The Hall–Kier alpha value is -0.350. The Kier molecular flexibility index (Phi) is 2.18. The normalized spacial score (nSPS) is 39.2. The lowest BCUT2D eigenvalue weighted by molar-refractivity contribution is 0.0617. The van der Waals surface area contributed by atoms with Crippen LogP contribution in [0, 0.1) is 0 Å². The van der Waals surface area contributed by atoms with Gasteiger partial charge in [-0.25, -0.2) is 0 Å². The fraction of sp³-hybridized carbons (Fsp3) is 0.857. The third-order valence-corrected chi connectivity index (χ3v) is 1.78. The van der Waals surface area contributed by atoms with Crippen LogP contribution in [0.3, 0.4) is 0 Å². The zero-order chi connectivity index (χ0) is 9.84. The lowest BCUT2D eigenvalue weighted by Crippen LogP contribution is -2.29. The highest BCUT2D eigenvalue weighted by Gasteiger charge is 2.26. The Balaban J connectivity index is 2.43. The fourth-order valence-electron chi connectivity index (χ4n) is 0.834. The molecule has 0 aromatic heterocycles. The minimum Gasteiger partial charge on any atom is -0.465 e. The first kappa shape index (κ1) is 6.20. The summed E-state index contributed by atoms with van der Waals surface area (Å²) in [5.41, 5.74) is 0. The largest absolute Gasteiger partial charge is 0.465 e. The van der Waals surface area contributed by atoms with Crippen LogP contribution in [0.1, 0.15) is 16.1 Å². The molecule has 1 N–H and O–H groups in total. The van der Waals surface area contributed by atoms with Crippen molar-refractivity contribution in [3.8, 4) is 0 Å². The van der Waals surface area contributed by atoms with Gasteiger partial charge >= 0.3 is 0 Å². The summed E-state index contributed by atoms with van der Waals surface area (Å²) in [6, 6.07) is 0. The van der Waals surface area contributed by atoms with Crippen LogP contribution in [0.4, 0.5) is 0 Å². The van der Waals surface area contributed by atoms with Crippen molar-refractivity contribution >= 4 is 17.4 Å². The molecule has 1 aliphatic rings. The lowest BCUT2D eigenvalue weighted by atomic mass is 10.2. The van der Waals surface area contributed by atoms with Gasteiger partial charge in [0.25, 0.3) is 5.17 Å². The minimum atomic E-state index is -0.583. The van der Waals surface area contributed by atoms with Crippen LogP contribution in [-0.4, -0.2) is 31.0 Å². The molecule has 4 heteroatoms. The van der Waals surface area contributed by atoms with E-state index in [0.717, 1.165) is 0 Å². The Morgan fingerprint density at radius 1 is 2.09 bits per heavy atom. The van der Waals surface area contributed by atoms with Crippen molar-refractivity contribution in [2.45, 2.75) is 25.5 Å². The highest BCUT2D eigenvalue weighted by atomic mass is 32.1. The predicted molar refractivity (Wildman–Crippen MR) is 46.6 cm³/mol. The van der Waals surface area contributed by atoms with Gasteiger partial charge in [-0.3, -0.25) is 0 Å². The van der Waals surface area contributed by atoms with Crippen molar-refractivity contribution in [1.82, 2.24) is 5.32 Å². The van der Waals surface area contributed by atoms with Crippen molar-refractivity contribution in [2.75, 3.05) is 13.6 Å². The second kappa shape index (κ2) is 3.88. The highest BCUT2D eigenvalue weighted by molar-refractivity contribution is 7.80. The third-order valence-electron chi connectivity index (χ3n) is 1.48. The second-order valence-electron chi connectivity index (χ2n) is 2.27. The summed E-state index contributed by atoms with van der Waals surface area (Å²) in [7, 11) is 1.67. The van der Waals surface area contributed by atoms with Crippen molar-refractivity contribution in [3.63, 3.8) is 0 Å². The molecule has 0 unspecified atom stereocenters. The van der Waals surface area contributed by atoms with Crippen molar-refractivity contribution in [1.29, 1.82) is 0 Å². The number of thiocarbonyl (C=S) groups is 1. The SMILES string of the molecule is [2H]C[C@H]1O[C@H]([3H])C[C@H]1OC(=S)NC. The van der Waals surface area contributed by atoms with Crippen molar-refractivity contribution < 1.29 is 12.2 Å². The van der Waals surface area contributed by atoms with Gasteiger partial charge in [0, 0.05) is 14.8 Å². The van der Waals surface area contributed by atoms with Crippen LogP contribution < -0.4 is 5.32 Å². The minimum absolute atomic E-state index is 0.104. The summed E-state index contributed by atoms with van der Waals surface area (Å²) >= 11 is 4.82. The van der Waals surface area contributed by atoms with E-state index in [9.17, 15) is 0 Å². The number of hydrogen-bond donors (Lipinski definition) is 1. The average molecular weight is 178 g/mol. The van der Waals surface area contributed by atoms with E-state index in [1.807, 2.05) is 0 Å². The lowest BCUT2D eigenvalue weighted by Gasteiger charge is -2.16. The van der Waals surface area contributed by atoms with E-state index in [0.29, 0.717) is 11.6 Å². The zero-order valence-electron chi connectivity index (χ0n) is 8.37. The first-order valence-corrected chi connectivity index (χ1v) is 3.83. The van der Waals surface area contributed by atoms with Crippen LogP contribution >= 0.6 is 12.2 Å². The molecular formula is C7H13NO2S. The smallest absolute Gasteiger partial charge is 0.256 e. The van der Waals surface area contributed by atoms with Crippen LogP contribution in [0.2, 0.25) is 0 Å². The quantitative estimate of drug-likeness (QED) is 0.598. The topological polar surface area (TPSA) is 30.5 Å². The number of rotatable bonds is 1. The molecule has 64 valence electrons. The Labute approximate surface area is 74.9 Å². The Morgan fingerprint density at radius 3 is 3.55 bits per heavy atom. The molecular weight excluding hydrogens is 162 g/mol. The summed E-state index contributed by atoms with van der Waals surface area (Å²) in [4.78, 5) is 0. The van der Waals surface area contributed by atoms with Gasteiger partial charge in [-0.2, -0.15) is 0 Å². The molecule has 0 amide bonds. The maximum absolute atomic E-state index is 7.35. The summed E-state index contributed by atoms with van der Waals surface area (Å²) < 4.78 is 24.9. The van der Waals surface area contributed by atoms with E-state index < -0.39 is 6.58 Å². The van der Waals surface area contributed by atoms with Crippen LogP contribution in [0.15, 0.2) is 0 Å².